The Labute approximate surface area is 273 Å². The van der Waals surface area contributed by atoms with Crippen molar-refractivity contribution in [2.75, 3.05) is 26.9 Å². The first-order valence-corrected chi connectivity index (χ1v) is 15.8. The number of rotatable bonds is 14. The van der Waals surface area contributed by atoms with Crippen LogP contribution < -0.4 is 14.8 Å². The van der Waals surface area contributed by atoms with E-state index in [0.717, 1.165) is 21.3 Å². The fraction of sp³-hybridized carbons (Fsp3) is 0.400. The molecule has 10 heteroatoms. The van der Waals surface area contributed by atoms with Crippen LogP contribution in [0.3, 0.4) is 0 Å². The zero-order chi connectivity index (χ0) is 32.5. The molecule has 240 valence electrons. The van der Waals surface area contributed by atoms with E-state index in [-0.39, 0.29) is 31.3 Å². The largest absolute Gasteiger partial charge is 0.497 e. The van der Waals surface area contributed by atoms with Gasteiger partial charge in [-0.1, -0.05) is 46.3 Å². The van der Waals surface area contributed by atoms with Crippen molar-refractivity contribution in [3.8, 4) is 11.5 Å². The molecule has 1 heterocycles. The number of esters is 1. The number of carbonyl (C=O) groups is 2. The lowest BCUT2D eigenvalue weighted by Gasteiger charge is -2.31. The van der Waals surface area contributed by atoms with E-state index in [2.05, 4.69) is 21.2 Å². The van der Waals surface area contributed by atoms with Crippen LogP contribution in [-0.4, -0.2) is 60.9 Å². The fourth-order valence-electron chi connectivity index (χ4n) is 5.02. The molecule has 0 spiro atoms. The van der Waals surface area contributed by atoms with Gasteiger partial charge in [0.2, 0.25) is 5.90 Å². The highest BCUT2D eigenvalue weighted by Gasteiger charge is 2.53. The molecule has 0 saturated heterocycles. The van der Waals surface area contributed by atoms with Crippen LogP contribution in [0.15, 0.2) is 82.3 Å². The zero-order valence-corrected chi connectivity index (χ0v) is 27.8. The Morgan fingerprint density at radius 3 is 2.49 bits per heavy atom. The number of aliphatic hydroxyl groups is 1. The Kier molecular flexibility index (Phi) is 11.6. The molecule has 9 nitrogen and oxygen atoms in total. The van der Waals surface area contributed by atoms with Gasteiger partial charge in [-0.2, -0.15) is 0 Å². The number of carbonyl (C=O) groups excluding carboxylic acids is 2. The molecule has 0 fully saturated rings. The second-order valence-corrected chi connectivity index (χ2v) is 12.6. The molecular formula is C35H41BrN2O7. The average molecular weight is 682 g/mol. The van der Waals surface area contributed by atoms with Crippen molar-refractivity contribution in [3.05, 3.63) is 94.0 Å². The molecule has 1 aliphatic rings. The SMILES string of the molecule is COc1cccc(CCNC(=O)[C@]2(CCC(=O)OC(C)(C)C)N=C(c3ccc(OCCCO)cc3)O[C@@H]2c2ccccc2Br)c1. The quantitative estimate of drug-likeness (QED) is 0.160. The minimum absolute atomic E-state index is 0.0424. The van der Waals surface area contributed by atoms with E-state index in [1.165, 1.54) is 0 Å². The molecule has 0 unspecified atom stereocenters. The summed E-state index contributed by atoms with van der Waals surface area (Å²) in [7, 11) is 1.62. The van der Waals surface area contributed by atoms with Crippen LogP contribution in [0.1, 0.15) is 62.8 Å². The van der Waals surface area contributed by atoms with Crippen molar-refractivity contribution < 1.29 is 33.6 Å². The summed E-state index contributed by atoms with van der Waals surface area (Å²) in [4.78, 5) is 32.2. The fourth-order valence-corrected chi connectivity index (χ4v) is 5.51. The van der Waals surface area contributed by atoms with Gasteiger partial charge in [0.15, 0.2) is 11.6 Å². The Morgan fingerprint density at radius 2 is 1.80 bits per heavy atom. The van der Waals surface area contributed by atoms with Crippen LogP contribution in [0.2, 0.25) is 0 Å². The first-order valence-electron chi connectivity index (χ1n) is 15.0. The third-order valence-corrected chi connectivity index (χ3v) is 7.90. The molecule has 0 radical (unpaired) electrons. The van der Waals surface area contributed by atoms with Gasteiger partial charge in [0, 0.05) is 41.6 Å². The Balaban J connectivity index is 1.68. The molecule has 2 atom stereocenters. The lowest BCUT2D eigenvalue weighted by Crippen LogP contribution is -2.49. The maximum Gasteiger partial charge on any atom is 0.306 e. The minimum Gasteiger partial charge on any atom is -0.497 e. The second kappa shape index (κ2) is 15.4. The standard InChI is InChI=1S/C35H41BrN2O7/c1-34(2,3)45-30(40)17-19-35(33(41)37-20-18-24-9-7-10-27(23-24)42-4)31(28-11-5-6-12-29(28)36)44-32(38-35)25-13-15-26(16-14-25)43-22-8-21-39/h5-7,9-16,23,31,39H,8,17-22H2,1-4H3,(H,37,41)/t31-,35-/m1/s1. The zero-order valence-electron chi connectivity index (χ0n) is 26.2. The van der Waals surface area contributed by atoms with Gasteiger partial charge in [-0.25, -0.2) is 4.99 Å². The van der Waals surface area contributed by atoms with E-state index >= 15 is 0 Å². The number of hydrogen-bond acceptors (Lipinski definition) is 8. The number of aliphatic imine (C=N–C) groups is 1. The van der Waals surface area contributed by atoms with E-state index in [1.807, 2.05) is 81.4 Å². The van der Waals surface area contributed by atoms with Gasteiger partial charge < -0.3 is 29.4 Å². The van der Waals surface area contributed by atoms with Crippen molar-refractivity contribution in [1.82, 2.24) is 5.32 Å². The van der Waals surface area contributed by atoms with E-state index < -0.39 is 23.2 Å². The molecule has 45 heavy (non-hydrogen) atoms. The summed E-state index contributed by atoms with van der Waals surface area (Å²) in [5.41, 5.74) is 0.248. The number of halogens is 1. The van der Waals surface area contributed by atoms with E-state index in [9.17, 15) is 9.59 Å². The van der Waals surface area contributed by atoms with Gasteiger partial charge in [-0.3, -0.25) is 9.59 Å². The van der Waals surface area contributed by atoms with Gasteiger partial charge in [0.05, 0.1) is 13.7 Å². The molecule has 2 N–H and O–H groups in total. The lowest BCUT2D eigenvalue weighted by atomic mass is 9.83. The summed E-state index contributed by atoms with van der Waals surface area (Å²) in [5.74, 6) is 0.882. The van der Waals surface area contributed by atoms with E-state index in [1.54, 1.807) is 19.2 Å². The highest BCUT2D eigenvalue weighted by Crippen LogP contribution is 2.45. The number of methoxy groups -OCH3 is 1. The van der Waals surface area contributed by atoms with Crippen LogP contribution in [0.5, 0.6) is 11.5 Å². The lowest BCUT2D eigenvalue weighted by molar-refractivity contribution is -0.155. The average Bonchev–Trinajstić information content (AvgIpc) is 3.40. The maximum atomic E-state index is 14.3. The van der Waals surface area contributed by atoms with Gasteiger partial charge in [-0.15, -0.1) is 0 Å². The molecule has 3 aromatic carbocycles. The Bertz CT molecular complexity index is 1490. The summed E-state index contributed by atoms with van der Waals surface area (Å²) < 4.78 is 23.9. The molecular weight excluding hydrogens is 640 g/mol. The van der Waals surface area contributed by atoms with Crippen molar-refractivity contribution in [3.63, 3.8) is 0 Å². The minimum atomic E-state index is -1.47. The smallest absolute Gasteiger partial charge is 0.306 e. The van der Waals surface area contributed by atoms with Crippen molar-refractivity contribution in [1.29, 1.82) is 0 Å². The molecule has 1 amide bonds. The van der Waals surface area contributed by atoms with Crippen molar-refractivity contribution >= 4 is 33.7 Å². The highest BCUT2D eigenvalue weighted by molar-refractivity contribution is 9.10. The van der Waals surface area contributed by atoms with Crippen LogP contribution in [0.4, 0.5) is 0 Å². The van der Waals surface area contributed by atoms with Crippen LogP contribution in [-0.2, 0) is 25.5 Å². The number of nitrogens with one attached hydrogen (secondary N) is 1. The summed E-state index contributed by atoms with van der Waals surface area (Å²) in [6.45, 7) is 6.20. The Hall–Kier alpha value is -3.89. The topological polar surface area (TPSA) is 116 Å². The van der Waals surface area contributed by atoms with Gasteiger partial charge >= 0.3 is 5.97 Å². The summed E-state index contributed by atoms with van der Waals surface area (Å²) in [6.07, 6.45) is 0.283. The first-order chi connectivity index (χ1) is 21.5. The number of amides is 1. The predicted octanol–water partition coefficient (Wildman–Crippen LogP) is 5.96. The van der Waals surface area contributed by atoms with Crippen molar-refractivity contribution in [2.45, 2.75) is 63.7 Å². The highest BCUT2D eigenvalue weighted by atomic mass is 79.9. The van der Waals surface area contributed by atoms with Gasteiger partial charge in [0.25, 0.3) is 5.91 Å². The van der Waals surface area contributed by atoms with Crippen LogP contribution in [0.25, 0.3) is 0 Å². The molecule has 0 saturated carbocycles. The van der Waals surface area contributed by atoms with Gasteiger partial charge in [0.1, 0.15) is 17.1 Å². The maximum absolute atomic E-state index is 14.3. The monoisotopic (exact) mass is 680 g/mol. The molecule has 4 rings (SSSR count). The Morgan fingerprint density at radius 1 is 1.04 bits per heavy atom. The number of aliphatic hydroxyl groups excluding tert-OH is 1. The normalized spacial score (nSPS) is 17.6. The van der Waals surface area contributed by atoms with E-state index in [0.29, 0.717) is 37.3 Å². The van der Waals surface area contributed by atoms with Crippen LogP contribution in [0, 0.1) is 0 Å². The van der Waals surface area contributed by atoms with Gasteiger partial charge in [-0.05, 0) is 81.6 Å². The van der Waals surface area contributed by atoms with Crippen molar-refractivity contribution in [2.24, 2.45) is 4.99 Å². The molecule has 0 bridgehead atoms. The second-order valence-electron chi connectivity index (χ2n) is 11.8. The number of ether oxygens (including phenoxy) is 4. The van der Waals surface area contributed by atoms with E-state index in [4.69, 9.17) is 29.0 Å². The molecule has 0 aromatic heterocycles. The third kappa shape index (κ3) is 9.08. The molecule has 3 aromatic rings. The molecule has 1 aliphatic heterocycles. The summed E-state index contributed by atoms with van der Waals surface area (Å²) in [6, 6.07) is 22.4. The summed E-state index contributed by atoms with van der Waals surface area (Å²) >= 11 is 3.64. The molecule has 0 aliphatic carbocycles. The summed E-state index contributed by atoms with van der Waals surface area (Å²) in [5, 5.41) is 12.1. The number of hydrogen-bond donors (Lipinski definition) is 2. The first kappa shape index (κ1) is 34.0. The number of nitrogens with zero attached hydrogens (tertiary/aromatic N) is 1. The third-order valence-electron chi connectivity index (χ3n) is 7.18. The van der Waals surface area contributed by atoms with Crippen LogP contribution >= 0.6 is 15.9 Å². The predicted molar refractivity (Wildman–Crippen MR) is 176 cm³/mol. The number of benzene rings is 3.